The molecule has 0 aromatic heterocycles. The number of carbonyl (C=O) groups is 1. The summed E-state index contributed by atoms with van der Waals surface area (Å²) in [4.78, 5) is 15.9. The minimum absolute atomic E-state index is 0.0450. The Kier molecular flexibility index (Phi) is 8.50. The number of β-amino-alcohol motifs (C(OH)–C–C–N with tert-alkyl or cyclic N) is 1. The number of piperidine rings is 1. The van der Waals surface area contributed by atoms with Gasteiger partial charge in [-0.2, -0.15) is 0 Å². The highest BCUT2D eigenvalue weighted by Gasteiger charge is 2.38. The number of ether oxygens (including phenoxy) is 2. The molecular weight excluding hydrogens is 382 g/mol. The van der Waals surface area contributed by atoms with Gasteiger partial charge < -0.3 is 24.8 Å². The van der Waals surface area contributed by atoms with Gasteiger partial charge in [-0.1, -0.05) is 12.1 Å². The average Bonchev–Trinajstić information content (AvgIpc) is 3.08. The van der Waals surface area contributed by atoms with Gasteiger partial charge >= 0.3 is 0 Å². The molecule has 0 saturated carbocycles. The van der Waals surface area contributed by atoms with Crippen molar-refractivity contribution < 1.29 is 19.4 Å². The zero-order valence-corrected chi connectivity index (χ0v) is 18.4. The van der Waals surface area contributed by atoms with Crippen molar-refractivity contribution in [2.24, 2.45) is 0 Å². The van der Waals surface area contributed by atoms with Crippen molar-refractivity contribution in [2.45, 2.75) is 51.3 Å². The van der Waals surface area contributed by atoms with Gasteiger partial charge in [0.15, 0.2) is 0 Å². The van der Waals surface area contributed by atoms with E-state index in [1.807, 2.05) is 19.1 Å². The smallest absolute Gasteiger partial charge is 0.217 e. The Morgan fingerprint density at radius 3 is 2.57 bits per heavy atom. The molecule has 30 heavy (non-hydrogen) atoms. The summed E-state index contributed by atoms with van der Waals surface area (Å²) in [5.41, 5.74) is 0.580. The fraction of sp³-hybridized carbons (Fsp3) is 0.696. The number of rotatable bonds is 10. The van der Waals surface area contributed by atoms with E-state index in [1.165, 1.54) is 5.56 Å². The summed E-state index contributed by atoms with van der Waals surface area (Å²) in [6.45, 7) is 10.4. The van der Waals surface area contributed by atoms with Crippen LogP contribution in [0.25, 0.3) is 0 Å². The van der Waals surface area contributed by atoms with Crippen LogP contribution in [-0.2, 0) is 16.1 Å². The molecule has 2 N–H and O–H groups in total. The molecule has 2 saturated heterocycles. The second-order valence-electron chi connectivity index (χ2n) is 8.63. The first kappa shape index (κ1) is 23.0. The van der Waals surface area contributed by atoms with Crippen LogP contribution in [-0.4, -0.2) is 85.0 Å². The van der Waals surface area contributed by atoms with Crippen LogP contribution in [0.5, 0.6) is 5.75 Å². The third-order valence-electron chi connectivity index (χ3n) is 5.95. The molecule has 7 nitrogen and oxygen atoms in total. The number of amides is 1. The molecule has 0 unspecified atom stereocenters. The summed E-state index contributed by atoms with van der Waals surface area (Å²) < 4.78 is 11.0. The van der Waals surface area contributed by atoms with Crippen LogP contribution in [0, 0.1) is 0 Å². The Labute approximate surface area is 180 Å². The Hall–Kier alpha value is -1.67. The first-order valence-corrected chi connectivity index (χ1v) is 11.2. The van der Waals surface area contributed by atoms with Crippen molar-refractivity contribution in [1.82, 2.24) is 15.1 Å². The van der Waals surface area contributed by atoms with Gasteiger partial charge in [-0.05, 0) is 43.9 Å². The minimum Gasteiger partial charge on any atom is -0.491 e. The van der Waals surface area contributed by atoms with Crippen LogP contribution in [0.15, 0.2) is 24.3 Å². The predicted molar refractivity (Wildman–Crippen MR) is 117 cm³/mol. The van der Waals surface area contributed by atoms with E-state index < -0.39 is 5.60 Å². The van der Waals surface area contributed by atoms with E-state index in [0.29, 0.717) is 32.9 Å². The van der Waals surface area contributed by atoms with E-state index in [2.05, 4.69) is 27.2 Å². The molecule has 0 radical (unpaired) electrons. The molecule has 2 fully saturated rings. The molecule has 1 atom stereocenters. The normalized spacial score (nSPS) is 23.6. The number of nitrogens with one attached hydrogen (secondary N) is 1. The van der Waals surface area contributed by atoms with Crippen molar-refractivity contribution in [3.63, 3.8) is 0 Å². The summed E-state index contributed by atoms with van der Waals surface area (Å²) in [7, 11) is 0. The number of aliphatic hydroxyl groups is 1. The zero-order chi connectivity index (χ0) is 21.4. The number of nitrogens with zero attached hydrogens (tertiary/aromatic N) is 2. The molecular formula is C23H37N3O4. The van der Waals surface area contributed by atoms with E-state index in [9.17, 15) is 9.90 Å². The quantitative estimate of drug-likeness (QED) is 0.562. The second-order valence-corrected chi connectivity index (χ2v) is 8.63. The van der Waals surface area contributed by atoms with Gasteiger partial charge in [-0.15, -0.1) is 0 Å². The molecule has 2 aliphatic heterocycles. The highest BCUT2D eigenvalue weighted by atomic mass is 16.5. The monoisotopic (exact) mass is 419 g/mol. The maximum Gasteiger partial charge on any atom is 0.217 e. The largest absolute Gasteiger partial charge is 0.491 e. The third kappa shape index (κ3) is 7.23. The zero-order valence-electron chi connectivity index (χ0n) is 18.4. The van der Waals surface area contributed by atoms with Crippen LogP contribution in [0.2, 0.25) is 0 Å². The molecule has 3 rings (SSSR count). The average molecular weight is 420 g/mol. The molecule has 0 aliphatic carbocycles. The van der Waals surface area contributed by atoms with Crippen LogP contribution in [0.1, 0.15) is 38.7 Å². The molecule has 2 heterocycles. The van der Waals surface area contributed by atoms with E-state index in [1.54, 1.807) is 6.92 Å². The minimum atomic E-state index is -0.650. The Morgan fingerprint density at radius 1 is 1.17 bits per heavy atom. The van der Waals surface area contributed by atoms with Crippen molar-refractivity contribution >= 4 is 5.91 Å². The topological polar surface area (TPSA) is 74.3 Å². The highest BCUT2D eigenvalue weighted by molar-refractivity contribution is 5.73. The lowest BCUT2D eigenvalue weighted by Gasteiger charge is -2.36. The van der Waals surface area contributed by atoms with Gasteiger partial charge in [-0.25, -0.2) is 0 Å². The molecule has 0 bridgehead atoms. The van der Waals surface area contributed by atoms with Gasteiger partial charge in [0.1, 0.15) is 12.4 Å². The molecule has 7 heteroatoms. The Morgan fingerprint density at radius 2 is 1.90 bits per heavy atom. The number of benzene rings is 1. The number of likely N-dealkylation sites (tertiary alicyclic amines) is 2. The van der Waals surface area contributed by atoms with Crippen molar-refractivity contribution in [1.29, 1.82) is 0 Å². The molecule has 2 aliphatic rings. The van der Waals surface area contributed by atoms with Gasteiger partial charge in [0.05, 0.1) is 12.2 Å². The van der Waals surface area contributed by atoms with Crippen molar-refractivity contribution in [2.75, 3.05) is 52.5 Å². The Bertz CT molecular complexity index is 661. The highest BCUT2D eigenvalue weighted by Crippen LogP contribution is 2.26. The van der Waals surface area contributed by atoms with E-state index in [-0.39, 0.29) is 11.9 Å². The van der Waals surface area contributed by atoms with E-state index in [0.717, 1.165) is 51.2 Å². The maximum absolute atomic E-state index is 11.2. The van der Waals surface area contributed by atoms with Gasteiger partial charge in [-0.3, -0.25) is 9.69 Å². The van der Waals surface area contributed by atoms with Crippen LogP contribution in [0.3, 0.4) is 0 Å². The van der Waals surface area contributed by atoms with Crippen LogP contribution >= 0.6 is 0 Å². The lowest BCUT2D eigenvalue weighted by atomic mass is 9.99. The SMILES string of the molecule is CCOCCOc1ccc(CN2CC[C@@](O)(CN3CCC(NC(C)=O)CC3)C2)cc1. The fourth-order valence-electron chi connectivity index (χ4n) is 4.46. The summed E-state index contributed by atoms with van der Waals surface area (Å²) in [6, 6.07) is 8.48. The second kappa shape index (κ2) is 11.1. The molecule has 168 valence electrons. The van der Waals surface area contributed by atoms with Crippen molar-refractivity contribution in [3.8, 4) is 5.75 Å². The summed E-state index contributed by atoms with van der Waals surface area (Å²) >= 11 is 0. The number of hydrogen-bond donors (Lipinski definition) is 2. The molecule has 0 spiro atoms. The Balaban J connectivity index is 1.40. The van der Waals surface area contributed by atoms with Crippen LogP contribution < -0.4 is 10.1 Å². The van der Waals surface area contributed by atoms with E-state index in [4.69, 9.17) is 9.47 Å². The molecule has 1 aromatic carbocycles. The van der Waals surface area contributed by atoms with Gasteiger partial charge in [0.25, 0.3) is 0 Å². The summed E-state index contributed by atoms with van der Waals surface area (Å²) in [6.07, 6.45) is 2.72. The summed E-state index contributed by atoms with van der Waals surface area (Å²) in [5.74, 6) is 0.905. The van der Waals surface area contributed by atoms with E-state index >= 15 is 0 Å². The van der Waals surface area contributed by atoms with Gasteiger partial charge in [0, 0.05) is 58.8 Å². The maximum atomic E-state index is 11.2. The molecule has 1 amide bonds. The van der Waals surface area contributed by atoms with Crippen LogP contribution in [0.4, 0.5) is 0 Å². The fourth-order valence-corrected chi connectivity index (χ4v) is 4.46. The lowest BCUT2D eigenvalue weighted by Crippen LogP contribution is -2.50. The number of hydrogen-bond acceptors (Lipinski definition) is 6. The lowest BCUT2D eigenvalue weighted by molar-refractivity contribution is -0.120. The molecule has 1 aromatic rings. The van der Waals surface area contributed by atoms with Gasteiger partial charge in [0.2, 0.25) is 5.91 Å². The number of carbonyl (C=O) groups excluding carboxylic acids is 1. The first-order valence-electron chi connectivity index (χ1n) is 11.2. The standard InChI is InChI=1S/C23H37N3O4/c1-3-29-14-15-30-22-6-4-20(5-7-22)16-26-13-10-23(28,18-26)17-25-11-8-21(9-12-25)24-19(2)27/h4-7,21,28H,3,8-18H2,1-2H3,(H,24,27)/t23-/m1/s1. The van der Waals surface area contributed by atoms with Crippen molar-refractivity contribution in [3.05, 3.63) is 29.8 Å². The third-order valence-corrected chi connectivity index (χ3v) is 5.95. The first-order chi connectivity index (χ1) is 14.5. The summed E-state index contributed by atoms with van der Waals surface area (Å²) in [5, 5.41) is 14.1. The predicted octanol–water partition coefficient (Wildman–Crippen LogP) is 1.64.